The van der Waals surface area contributed by atoms with Gasteiger partial charge in [-0.2, -0.15) is 0 Å². The highest BCUT2D eigenvalue weighted by atomic mass is 19.4. The fraction of sp³-hybridized carbons (Fsp3) is 1.00. The molecule has 68 valence electrons. The summed E-state index contributed by atoms with van der Waals surface area (Å²) >= 11 is 0. The average Bonchev–Trinajstić information content (AvgIpc) is 1.84. The number of hydrogen-bond acceptors (Lipinski definition) is 2. The summed E-state index contributed by atoms with van der Waals surface area (Å²) < 4.78 is 68.8. The Kier molecular flexibility index (Phi) is 3.12. The molecule has 0 spiro atoms. The number of halogens is 6. The van der Waals surface area contributed by atoms with Crippen molar-refractivity contribution in [3.63, 3.8) is 0 Å². The summed E-state index contributed by atoms with van der Waals surface area (Å²) in [5.41, 5.74) is -3.83. The first-order chi connectivity index (χ1) is 4.83. The second kappa shape index (κ2) is 3.26. The molecular weight excluding hydrogens is 178 g/mol. The predicted molar refractivity (Wildman–Crippen MR) is 22.5 cm³/mol. The van der Waals surface area contributed by atoms with Crippen LogP contribution in [0.3, 0.4) is 0 Å². The van der Waals surface area contributed by atoms with E-state index >= 15 is 0 Å². The van der Waals surface area contributed by atoms with Crippen molar-refractivity contribution in [2.45, 2.75) is 19.0 Å². The van der Waals surface area contributed by atoms with Gasteiger partial charge in [-0.05, 0) is 6.92 Å². The van der Waals surface area contributed by atoms with E-state index in [9.17, 15) is 26.7 Å². The highest BCUT2D eigenvalue weighted by Crippen LogP contribution is 2.29. The minimum absolute atomic E-state index is 0.0116. The van der Waals surface area contributed by atoms with Gasteiger partial charge >= 0.3 is 0 Å². The number of nitrogens with zero attached hydrogens (tertiary/aromatic N) is 2. The third-order valence-electron chi connectivity index (χ3n) is 1.10. The predicted octanol–water partition coefficient (Wildman–Crippen LogP) is 2.11. The zero-order chi connectivity index (χ0) is 9.23. The van der Waals surface area contributed by atoms with Crippen molar-refractivity contribution in [2.24, 2.45) is 0 Å². The summed E-state index contributed by atoms with van der Waals surface area (Å²) in [5, 5.41) is -4.48. The molecule has 0 saturated carbocycles. The molecule has 0 aromatic carbocycles. The average molecular weight is 182 g/mol. The molecule has 0 aliphatic rings. The maximum Gasteiger partial charge on any atom is 0.280 e. The minimum atomic E-state index is -3.87. The van der Waals surface area contributed by atoms with Gasteiger partial charge in [-0.15, -0.1) is 0 Å². The van der Waals surface area contributed by atoms with E-state index in [1.807, 2.05) is 0 Å². The van der Waals surface area contributed by atoms with Crippen LogP contribution in [0.1, 0.15) is 6.92 Å². The van der Waals surface area contributed by atoms with Crippen LogP contribution >= 0.6 is 0 Å². The minimum Gasteiger partial charge on any atom is -0.206 e. The van der Waals surface area contributed by atoms with Gasteiger partial charge in [-0.25, -0.2) is 8.78 Å². The summed E-state index contributed by atoms with van der Waals surface area (Å²) in [6.45, 7) is 0.0116. The quantitative estimate of drug-likeness (QED) is 0.374. The van der Waals surface area contributed by atoms with E-state index in [-0.39, 0.29) is 6.92 Å². The van der Waals surface area contributed by atoms with Crippen molar-refractivity contribution >= 4 is 0 Å². The van der Waals surface area contributed by atoms with Gasteiger partial charge in [-0.3, -0.25) is 0 Å². The number of alkyl halides is 2. The third kappa shape index (κ3) is 1.74. The Morgan fingerprint density at radius 2 is 1.27 bits per heavy atom. The molecule has 11 heavy (non-hydrogen) atoms. The maximum absolute atomic E-state index is 11.5. The molecule has 0 heterocycles. The molecule has 0 radical (unpaired) electrons. The van der Waals surface area contributed by atoms with Gasteiger partial charge in [0.25, 0.3) is 12.1 Å². The molecule has 8 heteroatoms. The zero-order valence-electron chi connectivity index (χ0n) is 5.24. The zero-order valence-corrected chi connectivity index (χ0v) is 5.24. The van der Waals surface area contributed by atoms with Crippen molar-refractivity contribution in [3.8, 4) is 0 Å². The molecule has 0 bridgehead atoms. The highest BCUT2D eigenvalue weighted by molar-refractivity contribution is 4.73. The lowest BCUT2D eigenvalue weighted by Gasteiger charge is -2.26. The van der Waals surface area contributed by atoms with E-state index in [0.717, 1.165) is 0 Å². The summed E-state index contributed by atoms with van der Waals surface area (Å²) in [6, 6.07) is 0. The first kappa shape index (κ1) is 10.5. The third-order valence-corrected chi connectivity index (χ3v) is 1.10. The van der Waals surface area contributed by atoms with Crippen LogP contribution < -0.4 is 0 Å². The van der Waals surface area contributed by atoms with Crippen molar-refractivity contribution in [2.75, 3.05) is 0 Å². The monoisotopic (exact) mass is 182 g/mol. The molecule has 0 saturated heterocycles. The van der Waals surface area contributed by atoms with Crippen LogP contribution in [0.25, 0.3) is 0 Å². The van der Waals surface area contributed by atoms with Crippen LogP contribution in [0.2, 0.25) is 0 Å². The Hall–Kier alpha value is -0.500. The molecule has 0 N–H and O–H groups in total. The van der Waals surface area contributed by atoms with E-state index in [4.69, 9.17) is 0 Å². The molecule has 0 atom stereocenters. The molecule has 0 amide bonds. The van der Waals surface area contributed by atoms with Crippen molar-refractivity contribution in [1.82, 2.24) is 10.7 Å². The largest absolute Gasteiger partial charge is 0.280 e. The topological polar surface area (TPSA) is 6.48 Å². The van der Waals surface area contributed by atoms with Crippen LogP contribution in [0.15, 0.2) is 0 Å². The summed E-state index contributed by atoms with van der Waals surface area (Å²) in [4.78, 5) is 0. The van der Waals surface area contributed by atoms with Gasteiger partial charge in [0.15, 0.2) is 0 Å². The Morgan fingerprint density at radius 1 is 1.00 bits per heavy atom. The van der Waals surface area contributed by atoms with Gasteiger partial charge < -0.3 is 0 Å². The van der Waals surface area contributed by atoms with Crippen molar-refractivity contribution < 1.29 is 26.7 Å². The molecule has 0 aromatic heterocycles. The smallest absolute Gasteiger partial charge is 0.206 e. The van der Waals surface area contributed by atoms with Crippen LogP contribution in [-0.4, -0.2) is 22.8 Å². The Morgan fingerprint density at radius 3 is 1.27 bits per heavy atom. The molecule has 0 aromatic rings. The Labute approximate surface area is 57.7 Å². The lowest BCUT2D eigenvalue weighted by atomic mass is 10.2. The fourth-order valence-electron chi connectivity index (χ4n) is 0.205. The summed E-state index contributed by atoms with van der Waals surface area (Å²) in [7, 11) is 0. The van der Waals surface area contributed by atoms with Gasteiger partial charge in [0.1, 0.15) is 0 Å². The standard InChI is InChI=1S/C3H4F6N2/c1-3(2(4)5,10(6)7)11(8)9/h2H,1H3. The van der Waals surface area contributed by atoms with Crippen LogP contribution in [0, 0.1) is 0 Å². The fourth-order valence-corrected chi connectivity index (χ4v) is 0.205. The van der Waals surface area contributed by atoms with Crippen LogP contribution in [0.5, 0.6) is 0 Å². The lowest BCUT2D eigenvalue weighted by molar-refractivity contribution is -0.392. The van der Waals surface area contributed by atoms with Gasteiger partial charge in [0.05, 0.1) is 10.7 Å². The van der Waals surface area contributed by atoms with Gasteiger partial charge in [0.2, 0.25) is 0 Å². The first-order valence-corrected chi connectivity index (χ1v) is 2.35. The van der Waals surface area contributed by atoms with Crippen LogP contribution in [-0.2, 0) is 0 Å². The Balaban J connectivity index is 4.53. The second-order valence-corrected chi connectivity index (χ2v) is 1.86. The van der Waals surface area contributed by atoms with Crippen LogP contribution in [0.4, 0.5) is 26.7 Å². The van der Waals surface area contributed by atoms with Gasteiger partial charge in [-0.1, -0.05) is 17.9 Å². The van der Waals surface area contributed by atoms with E-state index < -0.39 is 22.8 Å². The normalized spacial score (nSPS) is 13.6. The van der Waals surface area contributed by atoms with E-state index in [2.05, 4.69) is 0 Å². The first-order valence-electron chi connectivity index (χ1n) is 2.35. The van der Waals surface area contributed by atoms with Gasteiger partial charge in [0, 0.05) is 0 Å². The second-order valence-electron chi connectivity index (χ2n) is 1.86. The molecule has 0 rings (SSSR count). The van der Waals surface area contributed by atoms with E-state index in [1.54, 1.807) is 0 Å². The van der Waals surface area contributed by atoms with Crippen molar-refractivity contribution in [1.29, 1.82) is 0 Å². The maximum atomic E-state index is 11.5. The van der Waals surface area contributed by atoms with Crippen molar-refractivity contribution in [3.05, 3.63) is 0 Å². The molecule has 0 aliphatic heterocycles. The Bertz CT molecular complexity index is 103. The lowest BCUT2D eigenvalue weighted by Crippen LogP contribution is -2.51. The van der Waals surface area contributed by atoms with E-state index in [1.165, 1.54) is 0 Å². The van der Waals surface area contributed by atoms with E-state index in [0.29, 0.717) is 0 Å². The molecule has 0 aliphatic carbocycles. The SMILES string of the molecule is CC(C(F)F)(N(F)F)N(F)F. The summed E-state index contributed by atoms with van der Waals surface area (Å²) in [5.74, 6) is 0. The number of hydrogen-bond donors (Lipinski definition) is 0. The molecule has 0 fully saturated rings. The number of rotatable bonds is 3. The molecule has 0 unspecified atom stereocenters. The molecule has 2 nitrogen and oxygen atoms in total. The highest BCUT2D eigenvalue weighted by Gasteiger charge is 2.51. The summed E-state index contributed by atoms with van der Waals surface area (Å²) in [6.07, 6.45) is -3.87. The molecular formula is C3H4F6N2.